The minimum absolute atomic E-state index is 0.173. The number of ether oxygens (including phenoxy) is 2. The lowest BCUT2D eigenvalue weighted by molar-refractivity contribution is -0.694. The van der Waals surface area contributed by atoms with Crippen molar-refractivity contribution >= 4 is 16.7 Å². The molecule has 0 saturated carbocycles. The number of pyridine rings is 1. The number of hydrogen-bond acceptors (Lipinski definition) is 4. The summed E-state index contributed by atoms with van der Waals surface area (Å²) in [6.07, 6.45) is 8.57. The molecule has 0 aliphatic carbocycles. The van der Waals surface area contributed by atoms with Crippen molar-refractivity contribution in [1.82, 2.24) is 0 Å². The maximum Gasteiger partial charge on any atom is 0.312 e. The maximum absolute atomic E-state index is 12.1. The van der Waals surface area contributed by atoms with Crippen LogP contribution in [0.4, 0.5) is 0 Å². The van der Waals surface area contributed by atoms with E-state index in [0.717, 1.165) is 23.6 Å². The molecule has 0 aliphatic rings. The Morgan fingerprint density at radius 2 is 2.11 bits per heavy atom. The Labute approximate surface area is 161 Å². The van der Waals surface area contributed by atoms with Gasteiger partial charge >= 0.3 is 5.97 Å². The van der Waals surface area contributed by atoms with Crippen LogP contribution in [0.15, 0.2) is 24.5 Å². The summed E-state index contributed by atoms with van der Waals surface area (Å²) in [6, 6.07) is 3.82. The van der Waals surface area contributed by atoms with E-state index in [2.05, 4.69) is 13.8 Å². The molecule has 0 radical (unpaired) electrons. The molecule has 148 valence electrons. The highest BCUT2D eigenvalue weighted by molar-refractivity contribution is 5.89. The average molecular weight is 375 g/mol. The second-order valence-corrected chi connectivity index (χ2v) is 7.09. The Bertz CT molecular complexity index is 772. The monoisotopic (exact) mass is 374 g/mol. The third-order valence-electron chi connectivity index (χ3n) is 5.14. The first-order chi connectivity index (χ1) is 13.0. The smallest absolute Gasteiger partial charge is 0.312 e. The number of rotatable bonds is 10. The van der Waals surface area contributed by atoms with Gasteiger partial charge in [-0.2, -0.15) is 0 Å². The zero-order valence-corrected chi connectivity index (χ0v) is 17.0. The normalized spacial score (nSPS) is 12.1. The highest BCUT2D eigenvalue weighted by Gasteiger charge is 2.15. The summed E-state index contributed by atoms with van der Waals surface area (Å²) in [5.74, 6) is 1.16. The Hall–Kier alpha value is -2.30. The first-order valence-corrected chi connectivity index (χ1v) is 9.85. The van der Waals surface area contributed by atoms with Gasteiger partial charge in [0.25, 0.3) is 0 Å². The number of methoxy groups -OCH3 is 1. The fourth-order valence-corrected chi connectivity index (χ4v) is 3.19. The number of nitrogens with zero attached hydrogens (tertiary/aromatic N) is 1. The topological polar surface area (TPSA) is 59.6 Å². The molecule has 27 heavy (non-hydrogen) atoms. The molecular formula is C22H32NO4+. The van der Waals surface area contributed by atoms with Gasteiger partial charge in [0, 0.05) is 17.0 Å². The van der Waals surface area contributed by atoms with E-state index in [1.54, 1.807) is 7.11 Å². The standard InChI is InChI=1S/C22H31NO4/c1-5-7-8-17(6-2)15-27-21(24)10-12-23-11-9-18-13-20(26-4)16(3)22(25)19(18)14-23/h9,11,13-14,17H,5-8,10,12,15H2,1-4H3/p+1. The SMILES string of the molecule is CCCCC(CC)COC(=O)CC[n+]1ccc2cc(OC)c(C)c(O)c2c1. The number of esters is 1. The van der Waals surface area contributed by atoms with Crippen molar-refractivity contribution in [2.75, 3.05) is 13.7 Å². The lowest BCUT2D eigenvalue weighted by Gasteiger charge is -2.14. The van der Waals surface area contributed by atoms with E-state index in [4.69, 9.17) is 9.47 Å². The summed E-state index contributed by atoms with van der Waals surface area (Å²) < 4.78 is 12.7. The lowest BCUT2D eigenvalue weighted by Crippen LogP contribution is -2.34. The molecule has 1 N–H and O–H groups in total. The van der Waals surface area contributed by atoms with Gasteiger partial charge in [-0.3, -0.25) is 4.79 Å². The van der Waals surface area contributed by atoms with Crippen LogP contribution in [-0.4, -0.2) is 24.8 Å². The van der Waals surface area contributed by atoms with E-state index in [1.165, 1.54) is 12.8 Å². The van der Waals surface area contributed by atoms with Crippen molar-refractivity contribution in [3.63, 3.8) is 0 Å². The summed E-state index contributed by atoms with van der Waals surface area (Å²) in [4.78, 5) is 12.1. The van der Waals surface area contributed by atoms with Crippen LogP contribution in [-0.2, 0) is 16.1 Å². The minimum atomic E-state index is -0.173. The molecule has 0 aliphatic heterocycles. The molecule has 1 atom stereocenters. The minimum Gasteiger partial charge on any atom is -0.507 e. The third-order valence-corrected chi connectivity index (χ3v) is 5.14. The molecule has 0 saturated heterocycles. The van der Waals surface area contributed by atoms with Crippen LogP contribution in [0.2, 0.25) is 0 Å². The molecule has 1 unspecified atom stereocenters. The number of aryl methyl sites for hydroxylation is 1. The molecular weight excluding hydrogens is 342 g/mol. The number of aromatic nitrogens is 1. The van der Waals surface area contributed by atoms with Gasteiger partial charge in [-0.25, -0.2) is 4.57 Å². The summed E-state index contributed by atoms with van der Waals surface area (Å²) in [6.45, 7) is 7.17. The number of hydrogen-bond donors (Lipinski definition) is 1. The largest absolute Gasteiger partial charge is 0.507 e. The third kappa shape index (κ3) is 5.59. The molecule has 0 amide bonds. The first-order valence-electron chi connectivity index (χ1n) is 9.85. The van der Waals surface area contributed by atoms with Gasteiger partial charge in [0.05, 0.1) is 19.1 Å². The molecule has 5 heteroatoms. The zero-order chi connectivity index (χ0) is 19.8. The molecule has 2 rings (SSSR count). The number of fused-ring (bicyclic) bond motifs is 1. The molecule has 1 aromatic carbocycles. The van der Waals surface area contributed by atoms with E-state index in [9.17, 15) is 9.90 Å². The van der Waals surface area contributed by atoms with E-state index in [0.29, 0.717) is 36.8 Å². The highest BCUT2D eigenvalue weighted by atomic mass is 16.5. The molecule has 1 aromatic heterocycles. The highest BCUT2D eigenvalue weighted by Crippen LogP contribution is 2.34. The average Bonchev–Trinajstić information content (AvgIpc) is 2.69. The summed E-state index contributed by atoms with van der Waals surface area (Å²) in [5, 5.41) is 12.1. The number of carbonyl (C=O) groups excluding carboxylic acids is 1. The fourth-order valence-electron chi connectivity index (χ4n) is 3.19. The maximum atomic E-state index is 12.1. The van der Waals surface area contributed by atoms with Crippen LogP contribution in [0.25, 0.3) is 10.8 Å². The summed E-state index contributed by atoms with van der Waals surface area (Å²) in [7, 11) is 1.59. The van der Waals surface area contributed by atoms with Crippen molar-refractivity contribution in [2.24, 2.45) is 5.92 Å². The zero-order valence-electron chi connectivity index (χ0n) is 17.0. The van der Waals surface area contributed by atoms with E-state index in [1.807, 2.05) is 36.0 Å². The number of benzene rings is 1. The van der Waals surface area contributed by atoms with Crippen LogP contribution in [0.5, 0.6) is 11.5 Å². The molecule has 1 heterocycles. The van der Waals surface area contributed by atoms with Gasteiger partial charge in [0.15, 0.2) is 18.9 Å². The fraction of sp³-hybridized carbons (Fsp3) is 0.545. The van der Waals surface area contributed by atoms with Gasteiger partial charge < -0.3 is 14.6 Å². The number of aromatic hydroxyl groups is 1. The second-order valence-electron chi connectivity index (χ2n) is 7.09. The van der Waals surface area contributed by atoms with E-state index >= 15 is 0 Å². The van der Waals surface area contributed by atoms with E-state index in [-0.39, 0.29) is 11.7 Å². The van der Waals surface area contributed by atoms with Crippen LogP contribution < -0.4 is 9.30 Å². The van der Waals surface area contributed by atoms with Crippen molar-refractivity contribution in [3.05, 3.63) is 30.1 Å². The quantitative estimate of drug-likeness (QED) is 0.498. The summed E-state index contributed by atoms with van der Waals surface area (Å²) in [5.41, 5.74) is 0.708. The molecule has 5 nitrogen and oxygen atoms in total. The predicted octanol–water partition coefficient (Wildman–Crippen LogP) is 4.30. The number of phenols is 1. The Kier molecular flexibility index (Phi) is 7.89. The van der Waals surface area contributed by atoms with E-state index < -0.39 is 0 Å². The van der Waals surface area contributed by atoms with Gasteiger partial charge in [0.1, 0.15) is 17.9 Å². The van der Waals surface area contributed by atoms with Crippen molar-refractivity contribution in [2.45, 2.75) is 59.4 Å². The van der Waals surface area contributed by atoms with Crippen molar-refractivity contribution in [1.29, 1.82) is 0 Å². The summed E-state index contributed by atoms with van der Waals surface area (Å²) >= 11 is 0. The van der Waals surface area contributed by atoms with Crippen LogP contribution in [0.3, 0.4) is 0 Å². The van der Waals surface area contributed by atoms with Gasteiger partial charge in [0.2, 0.25) is 0 Å². The Morgan fingerprint density at radius 1 is 1.33 bits per heavy atom. The number of unbranched alkanes of at least 4 members (excludes halogenated alkanes) is 1. The van der Waals surface area contributed by atoms with Gasteiger partial charge in [-0.05, 0) is 25.3 Å². The van der Waals surface area contributed by atoms with Crippen molar-refractivity contribution < 1.29 is 23.9 Å². The predicted molar refractivity (Wildman–Crippen MR) is 106 cm³/mol. The second kappa shape index (κ2) is 10.1. The molecule has 0 bridgehead atoms. The number of carbonyl (C=O) groups is 1. The first kappa shape index (κ1) is 21.0. The molecule has 0 spiro atoms. The van der Waals surface area contributed by atoms with Crippen LogP contribution in [0.1, 0.15) is 51.5 Å². The van der Waals surface area contributed by atoms with Gasteiger partial charge in [-0.15, -0.1) is 0 Å². The van der Waals surface area contributed by atoms with Crippen LogP contribution in [0, 0.1) is 12.8 Å². The molecule has 0 fully saturated rings. The Balaban J connectivity index is 1.96. The lowest BCUT2D eigenvalue weighted by atomic mass is 10.0. The van der Waals surface area contributed by atoms with Crippen molar-refractivity contribution in [3.8, 4) is 11.5 Å². The van der Waals surface area contributed by atoms with Crippen LogP contribution >= 0.6 is 0 Å². The number of phenolic OH excluding ortho intramolecular Hbond substituents is 1. The molecule has 2 aromatic rings. The Morgan fingerprint density at radius 3 is 2.78 bits per heavy atom. The van der Waals surface area contributed by atoms with Gasteiger partial charge in [-0.1, -0.05) is 33.1 Å².